The summed E-state index contributed by atoms with van der Waals surface area (Å²) in [6, 6.07) is 8.63. The zero-order chi connectivity index (χ0) is 21.1. The van der Waals surface area contributed by atoms with Crippen molar-refractivity contribution < 1.29 is 14.0 Å². The Morgan fingerprint density at radius 2 is 1.83 bits per heavy atom. The van der Waals surface area contributed by atoms with Crippen LogP contribution in [0.5, 0.6) is 0 Å². The molecule has 2 aliphatic rings. The number of hydrogen-bond donors (Lipinski definition) is 0. The van der Waals surface area contributed by atoms with Crippen LogP contribution in [0.1, 0.15) is 28.5 Å². The summed E-state index contributed by atoms with van der Waals surface area (Å²) >= 11 is 7.40. The highest BCUT2D eigenvalue weighted by Gasteiger charge is 2.32. The number of rotatable bonds is 4. The van der Waals surface area contributed by atoms with Crippen molar-refractivity contribution in [2.24, 2.45) is 0 Å². The van der Waals surface area contributed by atoms with Gasteiger partial charge < -0.3 is 9.80 Å². The molecule has 2 amide bonds. The summed E-state index contributed by atoms with van der Waals surface area (Å²) in [6.07, 6.45) is 1.64. The predicted octanol–water partition coefficient (Wildman–Crippen LogP) is 3.13. The van der Waals surface area contributed by atoms with E-state index in [0.717, 1.165) is 24.9 Å². The summed E-state index contributed by atoms with van der Waals surface area (Å²) in [6.45, 7) is 3.32. The lowest BCUT2D eigenvalue weighted by molar-refractivity contribution is -0.133. The van der Waals surface area contributed by atoms with Crippen LogP contribution in [0.25, 0.3) is 0 Å². The zero-order valence-corrected chi connectivity index (χ0v) is 18.3. The van der Waals surface area contributed by atoms with E-state index < -0.39 is 0 Å². The molecular formula is C22H25ClFN3O2S. The Labute approximate surface area is 185 Å². The number of thiophene rings is 1. The average molecular weight is 450 g/mol. The second-order valence-electron chi connectivity index (χ2n) is 7.73. The molecule has 1 aromatic heterocycles. The summed E-state index contributed by atoms with van der Waals surface area (Å²) in [7, 11) is 0. The topological polar surface area (TPSA) is 43.9 Å². The molecule has 1 fully saturated rings. The monoisotopic (exact) mass is 449 g/mol. The first-order valence-electron chi connectivity index (χ1n) is 10.2. The maximum absolute atomic E-state index is 13.9. The number of alkyl halides is 1. The van der Waals surface area contributed by atoms with Crippen LogP contribution >= 0.6 is 22.9 Å². The number of hydrogen-bond acceptors (Lipinski definition) is 4. The first-order chi connectivity index (χ1) is 14.6. The third kappa shape index (κ3) is 4.53. The molecule has 0 radical (unpaired) electrons. The van der Waals surface area contributed by atoms with Gasteiger partial charge in [0.05, 0.1) is 12.6 Å². The van der Waals surface area contributed by atoms with Crippen LogP contribution in [-0.4, -0.2) is 71.7 Å². The summed E-state index contributed by atoms with van der Waals surface area (Å²) in [5.74, 6) is -0.328. The van der Waals surface area contributed by atoms with E-state index in [4.69, 9.17) is 11.6 Å². The van der Waals surface area contributed by atoms with E-state index in [9.17, 15) is 14.0 Å². The molecule has 0 aliphatic carbocycles. The maximum atomic E-state index is 13.9. The van der Waals surface area contributed by atoms with Crippen molar-refractivity contribution in [2.45, 2.75) is 18.9 Å². The molecule has 1 atom stereocenters. The molecule has 8 heteroatoms. The molecule has 1 aromatic carbocycles. The largest absolute Gasteiger partial charge is 0.340 e. The maximum Gasteiger partial charge on any atom is 0.237 e. The smallest absolute Gasteiger partial charge is 0.237 e. The quantitative estimate of drug-likeness (QED) is 0.673. The molecule has 0 unspecified atom stereocenters. The minimum Gasteiger partial charge on any atom is -0.340 e. The fraction of sp³-hybridized carbons (Fsp3) is 0.455. The number of fused-ring (bicyclic) bond motifs is 1. The summed E-state index contributed by atoms with van der Waals surface area (Å²) in [4.78, 5) is 32.1. The molecule has 2 aromatic rings. The van der Waals surface area contributed by atoms with Gasteiger partial charge in [0.1, 0.15) is 11.7 Å². The van der Waals surface area contributed by atoms with Crippen LogP contribution < -0.4 is 0 Å². The molecule has 5 nitrogen and oxygen atoms in total. The van der Waals surface area contributed by atoms with Gasteiger partial charge in [0, 0.05) is 37.6 Å². The van der Waals surface area contributed by atoms with E-state index in [1.54, 1.807) is 28.4 Å². The van der Waals surface area contributed by atoms with Gasteiger partial charge in [-0.1, -0.05) is 12.1 Å². The third-order valence-corrected chi connectivity index (χ3v) is 7.11. The van der Waals surface area contributed by atoms with Gasteiger partial charge in [0.2, 0.25) is 11.8 Å². The molecule has 30 heavy (non-hydrogen) atoms. The van der Waals surface area contributed by atoms with Crippen LogP contribution in [0, 0.1) is 5.82 Å². The normalized spacial score (nSPS) is 20.0. The highest BCUT2D eigenvalue weighted by atomic mass is 35.5. The molecule has 160 valence electrons. The van der Waals surface area contributed by atoms with Crippen LogP contribution in [0.3, 0.4) is 0 Å². The van der Waals surface area contributed by atoms with Crippen molar-refractivity contribution in [2.75, 3.05) is 45.1 Å². The number of benzene rings is 1. The molecule has 1 saturated heterocycles. The Balaban J connectivity index is 1.50. The van der Waals surface area contributed by atoms with Crippen molar-refractivity contribution >= 4 is 34.8 Å². The van der Waals surface area contributed by atoms with Gasteiger partial charge in [-0.2, -0.15) is 0 Å². The van der Waals surface area contributed by atoms with Gasteiger partial charge in [0.15, 0.2) is 0 Å². The van der Waals surface area contributed by atoms with Gasteiger partial charge in [-0.15, -0.1) is 22.9 Å². The standard InChI is InChI=1S/C22H25ClFN3O2S/c23-14-20(28)25-7-2-8-26(11-10-25)21(29)15-27-9-5-19-18(6-12-30-19)22(27)16-3-1-4-17(24)13-16/h1,3-4,6,12-13,22H,2,5,7-11,14-15H2/t22-/m1/s1. The fourth-order valence-electron chi connectivity index (χ4n) is 4.38. The van der Waals surface area contributed by atoms with E-state index in [2.05, 4.69) is 16.3 Å². The number of carbonyl (C=O) groups is 2. The SMILES string of the molecule is O=C(CCl)N1CCCN(C(=O)CN2CCc3sccc3[C@H]2c2cccc(F)c2)CC1. The van der Waals surface area contributed by atoms with Gasteiger partial charge in [-0.3, -0.25) is 14.5 Å². The Morgan fingerprint density at radius 3 is 2.57 bits per heavy atom. The van der Waals surface area contributed by atoms with Crippen LogP contribution in [0.2, 0.25) is 0 Å². The first-order valence-corrected chi connectivity index (χ1v) is 11.7. The van der Waals surface area contributed by atoms with Gasteiger partial charge in [-0.25, -0.2) is 4.39 Å². The summed E-state index contributed by atoms with van der Waals surface area (Å²) in [5, 5.41) is 2.07. The molecular weight excluding hydrogens is 425 g/mol. The van der Waals surface area contributed by atoms with E-state index in [1.165, 1.54) is 16.5 Å². The highest BCUT2D eigenvalue weighted by Crippen LogP contribution is 2.37. The summed E-state index contributed by atoms with van der Waals surface area (Å²) in [5.41, 5.74) is 2.04. The first kappa shape index (κ1) is 21.3. The van der Waals surface area contributed by atoms with E-state index in [1.807, 2.05) is 11.0 Å². The van der Waals surface area contributed by atoms with Gasteiger partial charge in [-0.05, 0) is 47.5 Å². The van der Waals surface area contributed by atoms with E-state index >= 15 is 0 Å². The van der Waals surface area contributed by atoms with Crippen molar-refractivity contribution in [3.63, 3.8) is 0 Å². The van der Waals surface area contributed by atoms with Crippen molar-refractivity contribution in [3.05, 3.63) is 57.5 Å². The highest BCUT2D eigenvalue weighted by molar-refractivity contribution is 7.10. The van der Waals surface area contributed by atoms with E-state index in [-0.39, 0.29) is 36.1 Å². The zero-order valence-electron chi connectivity index (χ0n) is 16.7. The lowest BCUT2D eigenvalue weighted by Gasteiger charge is -2.37. The molecule has 3 heterocycles. The van der Waals surface area contributed by atoms with Crippen LogP contribution in [-0.2, 0) is 16.0 Å². The van der Waals surface area contributed by atoms with Crippen LogP contribution in [0.15, 0.2) is 35.7 Å². The van der Waals surface area contributed by atoms with Crippen molar-refractivity contribution in [3.8, 4) is 0 Å². The number of amides is 2. The molecule has 0 saturated carbocycles. The Hall–Kier alpha value is -1.96. The number of halogens is 2. The molecule has 0 spiro atoms. The Kier molecular flexibility index (Phi) is 6.71. The van der Waals surface area contributed by atoms with E-state index in [0.29, 0.717) is 26.2 Å². The number of nitrogens with zero attached hydrogens (tertiary/aromatic N) is 3. The lowest BCUT2D eigenvalue weighted by Crippen LogP contribution is -2.45. The average Bonchev–Trinajstić information content (AvgIpc) is 3.08. The number of carbonyl (C=O) groups excluding carboxylic acids is 2. The Bertz CT molecular complexity index is 921. The molecule has 0 bridgehead atoms. The van der Waals surface area contributed by atoms with Crippen molar-refractivity contribution in [1.82, 2.24) is 14.7 Å². The van der Waals surface area contributed by atoms with Crippen molar-refractivity contribution in [1.29, 1.82) is 0 Å². The van der Waals surface area contributed by atoms with Gasteiger partial charge >= 0.3 is 0 Å². The summed E-state index contributed by atoms with van der Waals surface area (Å²) < 4.78 is 13.9. The molecule has 2 aliphatic heterocycles. The minimum absolute atomic E-state index is 0.0278. The van der Waals surface area contributed by atoms with Crippen LogP contribution in [0.4, 0.5) is 4.39 Å². The molecule has 0 N–H and O–H groups in total. The second-order valence-corrected chi connectivity index (χ2v) is 8.99. The second kappa shape index (κ2) is 9.45. The third-order valence-electron chi connectivity index (χ3n) is 5.88. The fourth-order valence-corrected chi connectivity index (χ4v) is 5.45. The Morgan fingerprint density at radius 1 is 1.07 bits per heavy atom. The predicted molar refractivity (Wildman–Crippen MR) is 116 cm³/mol. The van der Waals surface area contributed by atoms with Gasteiger partial charge in [0.25, 0.3) is 0 Å². The lowest BCUT2D eigenvalue weighted by atomic mass is 9.93. The molecule has 4 rings (SSSR count). The minimum atomic E-state index is -0.266.